The summed E-state index contributed by atoms with van der Waals surface area (Å²) in [5.74, 6) is 1.27. The molecule has 0 atom stereocenters. The topological polar surface area (TPSA) is 197 Å². The van der Waals surface area contributed by atoms with Crippen LogP contribution in [0.15, 0.2) is 408 Å². The SMILES string of the molecule is c1ccc(-c2ccnc(-n3c4ccccc4c4ccc5c6c7nccnc7ccc6n(-c6ccccc6)c5c43)n2)cc1.c1ccc(-n2c3ccc4nccnc4c3c3ccc4c5ccccc5n(-c5cc(-c6ccccn6)nc(-c6ccccn6)c5)c4c32)cc1.c1ccc(-n2c3ccc4nccnc4c3c3ccc4c5ccccc5n(-c5ncc6ccccc6n5)c4c32)cc1. The Bertz CT molecular complexity index is 9380. The van der Waals surface area contributed by atoms with Crippen molar-refractivity contribution in [3.8, 4) is 68.7 Å². The second-order valence-electron chi connectivity index (χ2n) is 32.2. The Morgan fingerprint density at radius 1 is 0.177 bits per heavy atom. The third kappa shape index (κ3) is 11.5. The summed E-state index contributed by atoms with van der Waals surface area (Å²) in [4.78, 5) is 62.7. The van der Waals surface area contributed by atoms with Gasteiger partial charge in [0.15, 0.2) is 0 Å². The van der Waals surface area contributed by atoms with Crippen molar-refractivity contribution in [3.05, 3.63) is 408 Å². The lowest BCUT2D eigenvalue weighted by atomic mass is 10.1. The number of fused-ring (bicyclic) bond motifs is 28. The number of rotatable bonds is 9. The van der Waals surface area contributed by atoms with Crippen molar-refractivity contribution in [3.63, 3.8) is 0 Å². The molecular formula is C111H67N19. The van der Waals surface area contributed by atoms with E-state index in [0.29, 0.717) is 11.9 Å². The van der Waals surface area contributed by atoms with Crippen LogP contribution in [0.25, 0.3) is 244 Å². The Kier molecular flexibility index (Phi) is 16.8. The van der Waals surface area contributed by atoms with Crippen LogP contribution in [0.2, 0.25) is 0 Å². The van der Waals surface area contributed by atoms with Crippen LogP contribution >= 0.6 is 0 Å². The fourth-order valence-electron chi connectivity index (χ4n) is 19.7. The van der Waals surface area contributed by atoms with Gasteiger partial charge in [0.2, 0.25) is 11.9 Å². The largest absolute Gasteiger partial charge is 0.307 e. The van der Waals surface area contributed by atoms with Crippen molar-refractivity contribution in [1.29, 1.82) is 0 Å². The Morgan fingerprint density at radius 2 is 0.538 bits per heavy atom. The molecule has 0 aliphatic rings. The first-order chi connectivity index (χ1) is 64.6. The molecule has 0 saturated carbocycles. The number of pyridine rings is 3. The van der Waals surface area contributed by atoms with Gasteiger partial charge in [0.1, 0.15) is 0 Å². The molecule has 0 fully saturated rings. The van der Waals surface area contributed by atoms with Gasteiger partial charge >= 0.3 is 0 Å². The molecule has 0 amide bonds. The summed E-state index contributed by atoms with van der Waals surface area (Å²) >= 11 is 0. The Morgan fingerprint density at radius 3 is 0.985 bits per heavy atom. The van der Waals surface area contributed by atoms with E-state index in [1.165, 1.54) is 5.39 Å². The Labute approximate surface area is 738 Å². The minimum absolute atomic E-state index is 0.629. The van der Waals surface area contributed by atoms with Crippen LogP contribution in [0.1, 0.15) is 0 Å². The van der Waals surface area contributed by atoms with Crippen LogP contribution in [-0.2, 0) is 0 Å². The van der Waals surface area contributed by atoms with Gasteiger partial charge in [0.25, 0.3) is 0 Å². The van der Waals surface area contributed by atoms with Gasteiger partial charge in [0.05, 0.1) is 139 Å². The fraction of sp³-hybridized carbons (Fsp3) is 0. The van der Waals surface area contributed by atoms with Gasteiger partial charge in [-0.25, -0.2) is 24.9 Å². The van der Waals surface area contributed by atoms with E-state index >= 15 is 0 Å². The van der Waals surface area contributed by atoms with E-state index < -0.39 is 0 Å². The molecular weight excluding hydrogens is 1600 g/mol. The number of benzene rings is 14. The van der Waals surface area contributed by atoms with Gasteiger partial charge < -0.3 is 18.3 Å². The summed E-state index contributed by atoms with van der Waals surface area (Å²) in [5.41, 5.74) is 28.4. The van der Waals surface area contributed by atoms with Crippen LogP contribution in [0, 0.1) is 0 Å². The normalized spacial score (nSPS) is 11.8. The number of hydrogen-bond donors (Lipinski definition) is 0. The quantitative estimate of drug-likeness (QED) is 0.132. The Hall–Kier alpha value is -18.2. The number of hydrogen-bond acceptors (Lipinski definition) is 13. The monoisotopic (exact) mass is 1670 g/mol. The number of nitrogens with zero attached hydrogens (tertiary/aromatic N) is 19. The number of aromatic nitrogens is 19. The van der Waals surface area contributed by atoms with E-state index in [4.69, 9.17) is 39.9 Å². The maximum Gasteiger partial charge on any atom is 0.235 e. The lowest BCUT2D eigenvalue weighted by molar-refractivity contribution is 0.991. The predicted octanol–water partition coefficient (Wildman–Crippen LogP) is 25.4. The molecule has 0 radical (unpaired) electrons. The summed E-state index contributed by atoms with van der Waals surface area (Å²) in [6.45, 7) is 0. The molecule has 19 heteroatoms. The van der Waals surface area contributed by atoms with Crippen molar-refractivity contribution < 1.29 is 0 Å². The van der Waals surface area contributed by atoms with Crippen LogP contribution < -0.4 is 0 Å². The maximum atomic E-state index is 5.12. The lowest BCUT2D eigenvalue weighted by Crippen LogP contribution is -2.03. The summed E-state index contributed by atoms with van der Waals surface area (Å²) in [7, 11) is 0. The standard InChI is InChI=1S/C41H25N7.C36H22N6.C34H20N6/c1-2-10-26(11-3-1)47-37-19-18-33-39(45-23-22-44-33)38(37)30-17-16-29-28-12-4-5-15-36(28)48(40(29)41(30)47)27-24-34(31-13-6-8-20-42-31)46-35(25-27)32-14-7-9-21-43-32;1-3-9-23(10-4-1)28-19-20-39-36(40-28)42-30-14-8-7-13-25(30)26-15-16-27-32-31(18-17-29-33(32)38-22-21-37-29)41(35(27)34(26)42)24-11-5-2-6-12-24;1-2-9-22(10-3-1)39-29-17-16-27-31(36-19-18-35-27)30(29)25-15-14-24-23-11-5-7-13-28(23)40(32(24)33(25)39)34-37-20-21-8-4-6-12-26(21)38-34/h1-25H;1-22H;1-20H. The molecule has 0 unspecified atom stereocenters. The van der Waals surface area contributed by atoms with Gasteiger partial charge in [-0.15, -0.1) is 0 Å². The summed E-state index contributed by atoms with van der Waals surface area (Å²) in [5, 5.41) is 14.5. The summed E-state index contributed by atoms with van der Waals surface area (Å²) in [6.07, 6.45) is 17.9. The molecule has 0 saturated heterocycles. The second-order valence-corrected chi connectivity index (χ2v) is 32.2. The molecule has 28 rings (SSSR count). The minimum Gasteiger partial charge on any atom is -0.307 e. The van der Waals surface area contributed by atoms with Gasteiger partial charge in [-0.05, 0) is 140 Å². The molecule has 0 bridgehead atoms. The molecule has 0 aliphatic carbocycles. The van der Waals surface area contributed by atoms with E-state index in [-0.39, 0.29) is 0 Å². The molecule has 14 aromatic heterocycles. The van der Waals surface area contributed by atoms with Crippen LogP contribution in [0.5, 0.6) is 0 Å². The van der Waals surface area contributed by atoms with E-state index in [1.807, 2.05) is 109 Å². The van der Waals surface area contributed by atoms with Crippen molar-refractivity contribution >= 4 is 175 Å². The van der Waals surface area contributed by atoms with Crippen LogP contribution in [0.3, 0.4) is 0 Å². The molecule has 0 aliphatic heterocycles. The molecule has 606 valence electrons. The van der Waals surface area contributed by atoms with E-state index in [9.17, 15) is 0 Å². The Balaban J connectivity index is 0.000000103. The van der Waals surface area contributed by atoms with Gasteiger partial charge in [-0.1, -0.05) is 206 Å². The molecule has 130 heavy (non-hydrogen) atoms. The highest BCUT2D eigenvalue weighted by molar-refractivity contribution is 6.31. The van der Waals surface area contributed by atoms with Crippen molar-refractivity contribution in [1.82, 2.24) is 92.2 Å². The van der Waals surface area contributed by atoms with E-state index in [0.717, 1.165) is 226 Å². The third-order valence-electron chi connectivity index (χ3n) is 25.0. The van der Waals surface area contributed by atoms with Gasteiger partial charge in [-0.2, -0.15) is 0 Å². The highest BCUT2D eigenvalue weighted by Gasteiger charge is 2.29. The van der Waals surface area contributed by atoms with Crippen molar-refractivity contribution in [2.75, 3.05) is 0 Å². The predicted molar refractivity (Wildman–Crippen MR) is 523 cm³/mol. The number of para-hydroxylation sites is 7. The highest BCUT2D eigenvalue weighted by atomic mass is 15.2. The third-order valence-corrected chi connectivity index (χ3v) is 25.0. The summed E-state index contributed by atoms with van der Waals surface area (Å²) < 4.78 is 13.9. The van der Waals surface area contributed by atoms with Crippen LogP contribution in [-0.4, -0.2) is 92.2 Å². The molecule has 28 aromatic rings. The molecule has 14 aromatic carbocycles. The van der Waals surface area contributed by atoms with Crippen molar-refractivity contribution in [2.45, 2.75) is 0 Å². The van der Waals surface area contributed by atoms with Gasteiger partial charge in [0, 0.05) is 155 Å². The fourth-order valence-corrected chi connectivity index (χ4v) is 19.7. The van der Waals surface area contributed by atoms with Crippen molar-refractivity contribution in [2.24, 2.45) is 0 Å². The molecule has 0 N–H and O–H groups in total. The van der Waals surface area contributed by atoms with Crippen LogP contribution in [0.4, 0.5) is 0 Å². The first kappa shape index (κ1) is 73.3. The zero-order chi connectivity index (χ0) is 85.4. The summed E-state index contributed by atoms with van der Waals surface area (Å²) in [6, 6.07) is 120. The maximum absolute atomic E-state index is 5.12. The zero-order valence-corrected chi connectivity index (χ0v) is 69.2. The lowest BCUT2D eigenvalue weighted by Gasteiger charge is -2.14. The molecule has 14 heterocycles. The smallest absolute Gasteiger partial charge is 0.235 e. The van der Waals surface area contributed by atoms with E-state index in [1.54, 1.807) is 49.6 Å². The molecule has 19 nitrogen and oxygen atoms in total. The molecule has 0 spiro atoms. The average molecular weight is 1670 g/mol. The zero-order valence-electron chi connectivity index (χ0n) is 69.2. The second kappa shape index (κ2) is 29.8. The van der Waals surface area contributed by atoms with Gasteiger partial charge in [-0.3, -0.25) is 49.0 Å². The first-order valence-electron chi connectivity index (χ1n) is 43.0. The van der Waals surface area contributed by atoms with E-state index in [2.05, 4.69) is 301 Å². The minimum atomic E-state index is 0.629. The highest BCUT2D eigenvalue weighted by Crippen LogP contribution is 2.48. The first-order valence-corrected chi connectivity index (χ1v) is 43.0. The average Bonchev–Trinajstić information content (AvgIpc) is 1.55.